The maximum Gasteiger partial charge on any atom is 0.135 e. The summed E-state index contributed by atoms with van der Waals surface area (Å²) in [6.07, 6.45) is 7.15. The van der Waals surface area contributed by atoms with Crippen LogP contribution in [0.5, 0.6) is 11.5 Å². The molecule has 4 bridgehead atoms. The van der Waals surface area contributed by atoms with Gasteiger partial charge in [-0.2, -0.15) is 0 Å². The number of hydrogen-bond donors (Lipinski definition) is 0. The van der Waals surface area contributed by atoms with Gasteiger partial charge in [-0.25, -0.2) is 0 Å². The summed E-state index contributed by atoms with van der Waals surface area (Å²) in [5.41, 5.74) is 14.0. The van der Waals surface area contributed by atoms with Gasteiger partial charge in [0.05, 0.1) is 0 Å². The fourth-order valence-corrected chi connectivity index (χ4v) is 11.1. The zero-order valence-electron chi connectivity index (χ0n) is 25.3. The minimum atomic E-state index is 0.194. The molecule has 0 N–H and O–H groups in total. The van der Waals surface area contributed by atoms with Crippen molar-refractivity contribution in [2.75, 3.05) is 0 Å². The zero-order valence-corrected chi connectivity index (χ0v) is 25.3. The van der Waals surface area contributed by atoms with Gasteiger partial charge in [0.15, 0.2) is 0 Å². The van der Waals surface area contributed by atoms with E-state index in [1.54, 1.807) is 11.1 Å². The van der Waals surface area contributed by atoms with Gasteiger partial charge in [-0.3, -0.25) is 0 Å². The van der Waals surface area contributed by atoms with Crippen LogP contribution in [0.15, 0.2) is 121 Å². The number of hydrogen-bond acceptors (Lipinski definition) is 1. The fraction of sp³-hybridized carbons (Fsp3) is 0.227. The van der Waals surface area contributed by atoms with Gasteiger partial charge in [0.1, 0.15) is 11.5 Å². The maximum atomic E-state index is 6.41. The van der Waals surface area contributed by atoms with Crippen molar-refractivity contribution in [1.29, 1.82) is 0 Å². The number of rotatable bonds is 2. The number of benzene rings is 6. The standard InChI is InChI=1S/C44H34O/c1-3-15-38-37(11-1)42-33(12-7-16-39(42)44(38)30-21-26-20-27(23-30)24-31(44)22-26)29-9-5-8-28(25-29)32-18-19-41-43-35(32)13-6-14-36(43)34-10-2-4-17-40(34)45-41/h1-19,25-27,30-31H,20-24H2. The second-order valence-electron chi connectivity index (χ2n) is 14.5. The predicted octanol–water partition coefficient (Wildman–Crippen LogP) is 11.7. The molecule has 216 valence electrons. The first-order valence-corrected chi connectivity index (χ1v) is 16.9. The van der Waals surface area contributed by atoms with Gasteiger partial charge in [-0.05, 0) is 129 Å². The van der Waals surface area contributed by atoms with Crippen molar-refractivity contribution >= 4 is 10.8 Å². The Morgan fingerprint density at radius 2 is 1.11 bits per heavy atom. The highest BCUT2D eigenvalue weighted by molar-refractivity contribution is 6.10. The summed E-state index contributed by atoms with van der Waals surface area (Å²) < 4.78 is 6.41. The van der Waals surface area contributed by atoms with Crippen LogP contribution in [0.1, 0.15) is 43.2 Å². The summed E-state index contributed by atoms with van der Waals surface area (Å²) in [4.78, 5) is 0. The Bertz CT molecular complexity index is 2190. The molecule has 12 rings (SSSR count). The van der Waals surface area contributed by atoms with Crippen LogP contribution in [0.4, 0.5) is 0 Å². The Hall–Kier alpha value is -4.62. The van der Waals surface area contributed by atoms with Crippen LogP contribution in [-0.4, -0.2) is 0 Å². The molecule has 1 heteroatoms. The second-order valence-corrected chi connectivity index (χ2v) is 14.5. The van der Waals surface area contributed by atoms with E-state index in [0.717, 1.165) is 35.2 Å². The van der Waals surface area contributed by atoms with Crippen molar-refractivity contribution in [2.45, 2.75) is 37.5 Å². The SMILES string of the molecule is c1cc(-c2cccc3c2-c2ccccc2C32C3CC4CC(C3)CC2C4)cc(-c2ccc3c4c(cccc24)-c2ccccc2O3)c1. The Morgan fingerprint density at radius 3 is 1.96 bits per heavy atom. The molecule has 4 fully saturated rings. The van der Waals surface area contributed by atoms with Gasteiger partial charge in [0.2, 0.25) is 0 Å². The van der Waals surface area contributed by atoms with Crippen molar-refractivity contribution < 1.29 is 4.74 Å². The van der Waals surface area contributed by atoms with E-state index < -0.39 is 0 Å². The van der Waals surface area contributed by atoms with Crippen molar-refractivity contribution in [2.24, 2.45) is 23.7 Å². The molecule has 0 amide bonds. The first-order chi connectivity index (χ1) is 22.3. The van der Waals surface area contributed by atoms with Crippen molar-refractivity contribution in [1.82, 2.24) is 0 Å². The first-order valence-electron chi connectivity index (χ1n) is 16.9. The van der Waals surface area contributed by atoms with Crippen molar-refractivity contribution in [3.8, 4) is 56.0 Å². The normalized spacial score (nSPS) is 26.0. The van der Waals surface area contributed by atoms with E-state index in [-0.39, 0.29) is 5.41 Å². The van der Waals surface area contributed by atoms with E-state index in [9.17, 15) is 0 Å². The lowest BCUT2D eigenvalue weighted by atomic mass is 9.43. The molecule has 1 spiro atoms. The van der Waals surface area contributed by atoms with Crippen LogP contribution in [0.3, 0.4) is 0 Å². The largest absolute Gasteiger partial charge is 0.456 e. The van der Waals surface area contributed by atoms with Gasteiger partial charge in [-0.15, -0.1) is 0 Å². The molecule has 1 heterocycles. The minimum absolute atomic E-state index is 0.194. The molecule has 4 saturated carbocycles. The molecule has 1 nitrogen and oxygen atoms in total. The predicted molar refractivity (Wildman–Crippen MR) is 184 cm³/mol. The van der Waals surface area contributed by atoms with E-state index >= 15 is 0 Å². The lowest BCUT2D eigenvalue weighted by Gasteiger charge is -2.61. The lowest BCUT2D eigenvalue weighted by molar-refractivity contribution is -0.0399. The van der Waals surface area contributed by atoms with Crippen molar-refractivity contribution in [3.05, 3.63) is 132 Å². The molecule has 6 aliphatic rings. The van der Waals surface area contributed by atoms with E-state index in [1.807, 2.05) is 6.07 Å². The third-order valence-electron chi connectivity index (χ3n) is 12.5. The van der Waals surface area contributed by atoms with Crippen LogP contribution in [0.2, 0.25) is 0 Å². The summed E-state index contributed by atoms with van der Waals surface area (Å²) in [5.74, 6) is 5.34. The van der Waals surface area contributed by atoms with E-state index in [1.165, 1.54) is 87.4 Å². The summed E-state index contributed by atoms with van der Waals surface area (Å²) >= 11 is 0. The summed E-state index contributed by atoms with van der Waals surface area (Å²) in [5, 5.41) is 2.45. The Labute approximate surface area is 264 Å². The molecule has 0 aromatic heterocycles. The van der Waals surface area contributed by atoms with Gasteiger partial charge < -0.3 is 4.74 Å². The highest BCUT2D eigenvalue weighted by Gasteiger charge is 2.61. The summed E-state index contributed by atoms with van der Waals surface area (Å²) in [6, 6.07) is 45.5. The fourth-order valence-electron chi connectivity index (χ4n) is 11.1. The van der Waals surface area contributed by atoms with Gasteiger partial charge >= 0.3 is 0 Å². The van der Waals surface area contributed by atoms with Gasteiger partial charge in [0, 0.05) is 16.4 Å². The minimum Gasteiger partial charge on any atom is -0.456 e. The molecule has 0 unspecified atom stereocenters. The molecule has 0 radical (unpaired) electrons. The van der Waals surface area contributed by atoms with Crippen LogP contribution in [-0.2, 0) is 5.41 Å². The summed E-state index contributed by atoms with van der Waals surface area (Å²) in [6.45, 7) is 0. The Kier molecular flexibility index (Phi) is 4.80. The zero-order chi connectivity index (χ0) is 29.3. The van der Waals surface area contributed by atoms with E-state index in [4.69, 9.17) is 4.74 Å². The number of fused-ring (bicyclic) bond motifs is 5. The van der Waals surface area contributed by atoms with Crippen LogP contribution < -0.4 is 4.74 Å². The molecule has 5 aliphatic carbocycles. The Balaban J connectivity index is 1.10. The number of ether oxygens (including phenoxy) is 1. The molecular formula is C44H34O. The van der Waals surface area contributed by atoms with Crippen LogP contribution in [0.25, 0.3) is 55.3 Å². The van der Waals surface area contributed by atoms with Gasteiger partial charge in [-0.1, -0.05) is 103 Å². The van der Waals surface area contributed by atoms with Crippen LogP contribution >= 0.6 is 0 Å². The maximum absolute atomic E-state index is 6.41. The molecule has 0 atom stereocenters. The molecule has 45 heavy (non-hydrogen) atoms. The molecular weight excluding hydrogens is 544 g/mol. The molecule has 6 aromatic rings. The Morgan fingerprint density at radius 1 is 0.467 bits per heavy atom. The average Bonchev–Trinajstić information content (AvgIpc) is 3.38. The molecule has 6 aromatic carbocycles. The van der Waals surface area contributed by atoms with Crippen molar-refractivity contribution in [3.63, 3.8) is 0 Å². The number of para-hydroxylation sites is 1. The third-order valence-corrected chi connectivity index (χ3v) is 12.5. The highest BCUT2D eigenvalue weighted by atomic mass is 16.5. The third kappa shape index (κ3) is 3.14. The lowest BCUT2D eigenvalue weighted by Crippen LogP contribution is -2.55. The average molecular weight is 579 g/mol. The topological polar surface area (TPSA) is 9.23 Å². The molecule has 1 aliphatic heterocycles. The van der Waals surface area contributed by atoms with Crippen LogP contribution in [0, 0.1) is 23.7 Å². The smallest absolute Gasteiger partial charge is 0.135 e. The van der Waals surface area contributed by atoms with Gasteiger partial charge in [0.25, 0.3) is 0 Å². The second kappa shape index (κ2) is 8.76. The first kappa shape index (κ1) is 24.7. The monoisotopic (exact) mass is 578 g/mol. The van der Waals surface area contributed by atoms with E-state index in [0.29, 0.717) is 0 Å². The quantitative estimate of drug-likeness (QED) is 0.198. The van der Waals surface area contributed by atoms with E-state index in [2.05, 4.69) is 115 Å². The molecule has 0 saturated heterocycles. The highest BCUT2D eigenvalue weighted by Crippen LogP contribution is 2.70. The summed E-state index contributed by atoms with van der Waals surface area (Å²) in [7, 11) is 0.